The number of hydrazine groups is 1. The van der Waals surface area contributed by atoms with Crippen LogP contribution in [0.25, 0.3) is 6.08 Å². The molecule has 0 atom stereocenters. The summed E-state index contributed by atoms with van der Waals surface area (Å²) in [6, 6.07) is 7.77. The molecule has 2 rings (SSSR count). The van der Waals surface area contributed by atoms with Gasteiger partial charge in [0.2, 0.25) is 5.91 Å². The molecule has 0 fully saturated rings. The molecule has 0 aromatic heterocycles. The fourth-order valence-electron chi connectivity index (χ4n) is 1.41. The predicted octanol–water partition coefficient (Wildman–Crippen LogP) is 0.861. The number of allylic oxidation sites excluding steroid dienone is 1. The van der Waals surface area contributed by atoms with E-state index in [1.165, 1.54) is 0 Å². The van der Waals surface area contributed by atoms with Crippen molar-refractivity contribution >= 4 is 23.4 Å². The van der Waals surface area contributed by atoms with Crippen LogP contribution in [-0.4, -0.2) is 11.6 Å². The number of carbonyl (C=O) groups excluding carboxylic acids is 1. The molecular formula is C11H12N4O. The van der Waals surface area contributed by atoms with Crippen LogP contribution in [0.3, 0.4) is 0 Å². The van der Waals surface area contributed by atoms with E-state index in [1.54, 1.807) is 6.08 Å². The van der Waals surface area contributed by atoms with Gasteiger partial charge in [0, 0.05) is 0 Å². The first-order valence-corrected chi connectivity index (χ1v) is 4.89. The van der Waals surface area contributed by atoms with Crippen molar-refractivity contribution in [1.29, 1.82) is 0 Å². The van der Waals surface area contributed by atoms with Gasteiger partial charge >= 0.3 is 0 Å². The molecule has 0 aliphatic carbocycles. The highest BCUT2D eigenvalue weighted by Gasteiger charge is 2.07. The van der Waals surface area contributed by atoms with E-state index in [4.69, 9.17) is 5.84 Å². The lowest BCUT2D eigenvalue weighted by molar-refractivity contribution is -0.119. The molecule has 1 aromatic carbocycles. The number of para-hydroxylation sites is 1. The fourth-order valence-corrected chi connectivity index (χ4v) is 1.41. The first-order valence-electron chi connectivity index (χ1n) is 4.89. The third-order valence-corrected chi connectivity index (χ3v) is 2.24. The molecule has 5 heteroatoms. The Balaban J connectivity index is 2.18. The van der Waals surface area contributed by atoms with Gasteiger partial charge in [-0.25, -0.2) is 5.84 Å². The Bertz CT molecular complexity index is 465. The van der Waals surface area contributed by atoms with Gasteiger partial charge < -0.3 is 0 Å². The number of fused-ring (bicyclic) bond motifs is 1. The molecule has 82 valence electrons. The Hall–Kier alpha value is -2.14. The summed E-state index contributed by atoms with van der Waals surface area (Å²) in [6.07, 6.45) is 3.88. The van der Waals surface area contributed by atoms with Crippen LogP contribution in [0.4, 0.5) is 5.69 Å². The lowest BCUT2D eigenvalue weighted by Gasteiger charge is -2.02. The number of nitrogens with zero attached hydrogens (tertiary/aromatic N) is 1. The highest BCUT2D eigenvalue weighted by molar-refractivity contribution is 6.09. The minimum atomic E-state index is -0.267. The van der Waals surface area contributed by atoms with E-state index in [1.807, 2.05) is 30.3 Å². The van der Waals surface area contributed by atoms with Crippen LogP contribution >= 0.6 is 0 Å². The number of benzene rings is 1. The molecule has 4 N–H and O–H groups in total. The summed E-state index contributed by atoms with van der Waals surface area (Å²) in [7, 11) is 0. The summed E-state index contributed by atoms with van der Waals surface area (Å²) >= 11 is 0. The molecule has 5 nitrogen and oxygen atoms in total. The Morgan fingerprint density at radius 3 is 3.00 bits per heavy atom. The number of amides is 1. The van der Waals surface area contributed by atoms with Crippen LogP contribution in [0.15, 0.2) is 35.4 Å². The number of rotatable bonds is 2. The van der Waals surface area contributed by atoms with Crippen molar-refractivity contribution in [2.45, 2.75) is 6.42 Å². The van der Waals surface area contributed by atoms with E-state index >= 15 is 0 Å². The monoisotopic (exact) mass is 216 g/mol. The summed E-state index contributed by atoms with van der Waals surface area (Å²) < 4.78 is 0. The van der Waals surface area contributed by atoms with Gasteiger partial charge in [0.05, 0.1) is 17.8 Å². The summed E-state index contributed by atoms with van der Waals surface area (Å²) in [5, 5.41) is 4.12. The van der Waals surface area contributed by atoms with Crippen LogP contribution < -0.4 is 16.7 Å². The zero-order valence-electron chi connectivity index (χ0n) is 8.60. The molecular weight excluding hydrogens is 204 g/mol. The van der Waals surface area contributed by atoms with Crippen molar-refractivity contribution in [3.05, 3.63) is 35.9 Å². The topological polar surface area (TPSA) is 79.5 Å². The molecule has 0 radical (unpaired) electrons. The maximum absolute atomic E-state index is 11.1. The van der Waals surface area contributed by atoms with E-state index < -0.39 is 0 Å². The number of hydrogen-bond acceptors (Lipinski definition) is 4. The van der Waals surface area contributed by atoms with E-state index in [9.17, 15) is 4.79 Å². The molecule has 0 saturated carbocycles. The van der Waals surface area contributed by atoms with Gasteiger partial charge in [0.25, 0.3) is 0 Å². The fraction of sp³-hybridized carbons (Fsp3) is 0.0909. The second-order valence-corrected chi connectivity index (χ2v) is 3.38. The molecule has 1 aromatic rings. The van der Waals surface area contributed by atoms with Gasteiger partial charge in [-0.15, -0.1) is 0 Å². The molecule has 0 saturated heterocycles. The van der Waals surface area contributed by atoms with Crippen LogP contribution in [0.5, 0.6) is 0 Å². The molecule has 1 heterocycles. The van der Waals surface area contributed by atoms with Crippen molar-refractivity contribution in [3.8, 4) is 0 Å². The van der Waals surface area contributed by atoms with Crippen molar-refractivity contribution < 1.29 is 4.79 Å². The van der Waals surface area contributed by atoms with Gasteiger partial charge in [-0.1, -0.05) is 24.3 Å². The number of nitrogens with two attached hydrogens (primary N) is 1. The number of nitrogens with one attached hydrogen (secondary N) is 2. The molecule has 1 aliphatic rings. The summed E-state index contributed by atoms with van der Waals surface area (Å²) in [5.74, 6) is 4.75. The van der Waals surface area contributed by atoms with Crippen LogP contribution in [0.1, 0.15) is 12.0 Å². The van der Waals surface area contributed by atoms with Gasteiger partial charge in [0.15, 0.2) is 0 Å². The highest BCUT2D eigenvalue weighted by atomic mass is 16.2. The Morgan fingerprint density at radius 2 is 2.19 bits per heavy atom. The standard InChI is InChI=1S/C11H12N4O/c12-13-11(16)7-9-6-5-8-3-1-2-4-10(8)15-14-9/h1-6,15H,7,12H2,(H,13,16). The molecule has 1 aliphatic heterocycles. The van der Waals surface area contributed by atoms with E-state index in [-0.39, 0.29) is 12.3 Å². The first kappa shape index (κ1) is 10.4. The first-order chi connectivity index (χ1) is 7.79. The lowest BCUT2D eigenvalue weighted by Crippen LogP contribution is -2.31. The Kier molecular flexibility index (Phi) is 2.98. The maximum Gasteiger partial charge on any atom is 0.239 e. The second-order valence-electron chi connectivity index (χ2n) is 3.38. The summed E-state index contributed by atoms with van der Waals surface area (Å²) in [4.78, 5) is 11.1. The third-order valence-electron chi connectivity index (χ3n) is 2.24. The average molecular weight is 216 g/mol. The van der Waals surface area contributed by atoms with Crippen molar-refractivity contribution in [2.24, 2.45) is 10.9 Å². The van der Waals surface area contributed by atoms with E-state index in [0.717, 1.165) is 11.3 Å². The average Bonchev–Trinajstić information content (AvgIpc) is 2.52. The zero-order valence-corrected chi connectivity index (χ0v) is 8.60. The van der Waals surface area contributed by atoms with E-state index in [2.05, 4.69) is 16.0 Å². The smallest absolute Gasteiger partial charge is 0.239 e. The number of hydrazone groups is 1. The number of hydrogen-bond donors (Lipinski definition) is 3. The summed E-state index contributed by atoms with van der Waals surface area (Å²) in [6.45, 7) is 0. The molecule has 1 amide bonds. The zero-order chi connectivity index (χ0) is 11.4. The molecule has 0 bridgehead atoms. The Labute approximate surface area is 93.0 Å². The summed E-state index contributed by atoms with van der Waals surface area (Å²) in [5.41, 5.74) is 7.57. The predicted molar refractivity (Wildman–Crippen MR) is 63.5 cm³/mol. The van der Waals surface area contributed by atoms with Crippen molar-refractivity contribution in [1.82, 2.24) is 5.43 Å². The maximum atomic E-state index is 11.1. The van der Waals surface area contributed by atoms with Crippen molar-refractivity contribution in [3.63, 3.8) is 0 Å². The SMILES string of the molecule is NNC(=O)CC1=NNc2ccccc2C=C1. The van der Waals surface area contributed by atoms with Crippen LogP contribution in [-0.2, 0) is 4.79 Å². The number of anilines is 1. The quantitative estimate of drug-likeness (QED) is 0.389. The number of carbonyl (C=O) groups is 1. The third kappa shape index (κ3) is 2.26. The second kappa shape index (κ2) is 4.59. The van der Waals surface area contributed by atoms with Gasteiger partial charge in [-0.2, -0.15) is 5.10 Å². The van der Waals surface area contributed by atoms with Gasteiger partial charge in [0.1, 0.15) is 0 Å². The molecule has 0 spiro atoms. The lowest BCUT2D eigenvalue weighted by atomic mass is 10.1. The van der Waals surface area contributed by atoms with Gasteiger partial charge in [-0.3, -0.25) is 15.6 Å². The minimum Gasteiger partial charge on any atom is -0.294 e. The Morgan fingerprint density at radius 1 is 1.38 bits per heavy atom. The van der Waals surface area contributed by atoms with Crippen LogP contribution in [0, 0.1) is 0 Å². The van der Waals surface area contributed by atoms with Gasteiger partial charge in [-0.05, 0) is 17.7 Å². The minimum absolute atomic E-state index is 0.161. The normalized spacial score (nSPS) is 13.2. The highest BCUT2D eigenvalue weighted by Crippen LogP contribution is 2.19. The van der Waals surface area contributed by atoms with Crippen molar-refractivity contribution in [2.75, 3.05) is 5.43 Å². The van der Waals surface area contributed by atoms with E-state index in [0.29, 0.717) is 5.71 Å². The largest absolute Gasteiger partial charge is 0.294 e. The molecule has 16 heavy (non-hydrogen) atoms. The van der Waals surface area contributed by atoms with Crippen LogP contribution in [0.2, 0.25) is 0 Å². The molecule has 0 unspecified atom stereocenters.